The monoisotopic (exact) mass is 172 g/mol. The SMILES string of the molecule is C1=COC2C=Cc3cn[nH]c3C2=C1. The molecule has 3 heteroatoms. The van der Waals surface area contributed by atoms with E-state index in [1.54, 1.807) is 6.26 Å². The fourth-order valence-corrected chi connectivity index (χ4v) is 1.66. The molecule has 0 radical (unpaired) electrons. The maximum atomic E-state index is 5.42. The van der Waals surface area contributed by atoms with E-state index in [2.05, 4.69) is 16.3 Å². The van der Waals surface area contributed by atoms with Crippen molar-refractivity contribution in [3.63, 3.8) is 0 Å². The van der Waals surface area contributed by atoms with Crippen LogP contribution in [0.2, 0.25) is 0 Å². The van der Waals surface area contributed by atoms with Gasteiger partial charge in [-0.05, 0) is 18.2 Å². The van der Waals surface area contributed by atoms with Crippen LogP contribution in [-0.4, -0.2) is 16.3 Å². The molecule has 0 bridgehead atoms. The van der Waals surface area contributed by atoms with Gasteiger partial charge >= 0.3 is 0 Å². The summed E-state index contributed by atoms with van der Waals surface area (Å²) in [4.78, 5) is 0. The summed E-state index contributed by atoms with van der Waals surface area (Å²) in [5, 5.41) is 6.97. The van der Waals surface area contributed by atoms with Gasteiger partial charge in [-0.15, -0.1) is 0 Å². The Morgan fingerprint density at radius 3 is 3.46 bits per heavy atom. The predicted octanol–water partition coefficient (Wildman–Crippen LogP) is 1.73. The normalized spacial score (nSPS) is 23.1. The number of ether oxygens (including phenoxy) is 1. The van der Waals surface area contributed by atoms with E-state index in [9.17, 15) is 0 Å². The lowest BCUT2D eigenvalue weighted by Gasteiger charge is -2.21. The Morgan fingerprint density at radius 2 is 2.46 bits per heavy atom. The molecule has 1 aromatic heterocycles. The van der Waals surface area contributed by atoms with Crippen LogP contribution in [0.25, 0.3) is 11.6 Å². The summed E-state index contributed by atoms with van der Waals surface area (Å²) in [7, 11) is 0. The molecule has 2 aliphatic rings. The third kappa shape index (κ3) is 0.869. The average molecular weight is 172 g/mol. The van der Waals surface area contributed by atoms with Crippen molar-refractivity contribution in [2.45, 2.75) is 6.10 Å². The number of nitrogens with zero attached hydrogens (tertiary/aromatic N) is 1. The summed E-state index contributed by atoms with van der Waals surface area (Å²) in [5.74, 6) is 0. The van der Waals surface area contributed by atoms with Crippen molar-refractivity contribution in [3.05, 3.63) is 41.9 Å². The lowest BCUT2D eigenvalue weighted by molar-refractivity contribution is 0.232. The van der Waals surface area contributed by atoms with Gasteiger partial charge in [0.05, 0.1) is 18.2 Å². The first kappa shape index (κ1) is 6.71. The molecule has 1 atom stereocenters. The highest BCUT2D eigenvalue weighted by molar-refractivity contribution is 5.81. The van der Waals surface area contributed by atoms with Gasteiger partial charge in [-0.3, -0.25) is 5.10 Å². The summed E-state index contributed by atoms with van der Waals surface area (Å²) in [5.41, 5.74) is 3.34. The van der Waals surface area contributed by atoms with E-state index in [4.69, 9.17) is 4.74 Å². The number of rotatable bonds is 0. The first-order valence-electron chi connectivity index (χ1n) is 4.19. The van der Waals surface area contributed by atoms with Crippen molar-refractivity contribution in [1.82, 2.24) is 10.2 Å². The van der Waals surface area contributed by atoms with Crippen LogP contribution in [0.5, 0.6) is 0 Å². The maximum Gasteiger partial charge on any atom is 0.143 e. The minimum absolute atomic E-state index is 0.0537. The molecule has 0 spiro atoms. The molecule has 0 amide bonds. The van der Waals surface area contributed by atoms with Gasteiger partial charge in [0, 0.05) is 11.1 Å². The second-order valence-corrected chi connectivity index (χ2v) is 3.07. The van der Waals surface area contributed by atoms with E-state index in [0.717, 1.165) is 16.8 Å². The van der Waals surface area contributed by atoms with Gasteiger partial charge in [0.2, 0.25) is 0 Å². The number of H-pyrrole nitrogens is 1. The van der Waals surface area contributed by atoms with Crippen LogP contribution in [0.4, 0.5) is 0 Å². The third-order valence-corrected chi connectivity index (χ3v) is 2.29. The molecule has 3 nitrogen and oxygen atoms in total. The van der Waals surface area contributed by atoms with Crippen molar-refractivity contribution < 1.29 is 4.74 Å². The molecule has 64 valence electrons. The van der Waals surface area contributed by atoms with Gasteiger partial charge in [0.15, 0.2) is 0 Å². The standard InChI is InChI=1S/C10H8N2O/c1-2-8-9(13-5-1)4-3-7-6-11-12-10(7)8/h1-6,9H,(H,11,12). The zero-order valence-electron chi connectivity index (χ0n) is 6.90. The first-order valence-corrected chi connectivity index (χ1v) is 4.19. The lowest BCUT2D eigenvalue weighted by Crippen LogP contribution is -2.14. The molecule has 1 aliphatic carbocycles. The number of hydrogen-bond acceptors (Lipinski definition) is 2. The lowest BCUT2D eigenvalue weighted by atomic mass is 9.95. The summed E-state index contributed by atoms with van der Waals surface area (Å²) < 4.78 is 5.42. The largest absolute Gasteiger partial charge is 0.489 e. The first-order chi connectivity index (χ1) is 6.45. The van der Waals surface area contributed by atoms with Crippen molar-refractivity contribution >= 4 is 11.6 Å². The smallest absolute Gasteiger partial charge is 0.143 e. The van der Waals surface area contributed by atoms with Gasteiger partial charge < -0.3 is 4.74 Å². The van der Waals surface area contributed by atoms with E-state index in [1.807, 2.05) is 24.4 Å². The van der Waals surface area contributed by atoms with Crippen LogP contribution in [0, 0.1) is 0 Å². The van der Waals surface area contributed by atoms with Gasteiger partial charge in [-0.2, -0.15) is 5.10 Å². The molecule has 0 fully saturated rings. The predicted molar refractivity (Wildman–Crippen MR) is 49.6 cm³/mol. The zero-order chi connectivity index (χ0) is 8.67. The van der Waals surface area contributed by atoms with Crippen LogP contribution in [-0.2, 0) is 4.74 Å². The Hall–Kier alpha value is -1.77. The number of fused-ring (bicyclic) bond motifs is 3. The maximum absolute atomic E-state index is 5.42. The highest BCUT2D eigenvalue weighted by Crippen LogP contribution is 2.30. The third-order valence-electron chi connectivity index (χ3n) is 2.29. The molecule has 1 aliphatic heterocycles. The molecule has 13 heavy (non-hydrogen) atoms. The van der Waals surface area contributed by atoms with Gasteiger partial charge in [0.1, 0.15) is 6.10 Å². The van der Waals surface area contributed by atoms with Crippen molar-refractivity contribution in [2.75, 3.05) is 0 Å². The average Bonchev–Trinajstić information content (AvgIpc) is 2.65. The molecular formula is C10H8N2O. The Morgan fingerprint density at radius 1 is 1.46 bits per heavy atom. The van der Waals surface area contributed by atoms with Crippen LogP contribution in [0.3, 0.4) is 0 Å². The molecule has 1 aromatic rings. The molecule has 1 N–H and O–H groups in total. The number of nitrogens with one attached hydrogen (secondary N) is 1. The van der Waals surface area contributed by atoms with E-state index in [1.165, 1.54) is 0 Å². The fraction of sp³-hybridized carbons (Fsp3) is 0.100. The number of aromatic nitrogens is 2. The number of hydrogen-bond donors (Lipinski definition) is 1. The minimum Gasteiger partial charge on any atom is -0.489 e. The van der Waals surface area contributed by atoms with Crippen LogP contribution >= 0.6 is 0 Å². The van der Waals surface area contributed by atoms with Crippen molar-refractivity contribution in [1.29, 1.82) is 0 Å². The van der Waals surface area contributed by atoms with Crippen LogP contribution < -0.4 is 0 Å². The minimum atomic E-state index is 0.0537. The zero-order valence-corrected chi connectivity index (χ0v) is 6.90. The van der Waals surface area contributed by atoms with Gasteiger partial charge in [-0.25, -0.2) is 0 Å². The quantitative estimate of drug-likeness (QED) is 0.647. The summed E-state index contributed by atoms with van der Waals surface area (Å²) in [6.45, 7) is 0. The summed E-state index contributed by atoms with van der Waals surface area (Å²) >= 11 is 0. The highest BCUT2D eigenvalue weighted by Gasteiger charge is 2.22. The topological polar surface area (TPSA) is 37.9 Å². The highest BCUT2D eigenvalue weighted by atomic mass is 16.5. The van der Waals surface area contributed by atoms with Gasteiger partial charge in [0.25, 0.3) is 0 Å². The molecular weight excluding hydrogens is 164 g/mol. The Labute approximate surface area is 75.4 Å². The fourth-order valence-electron chi connectivity index (χ4n) is 1.66. The summed E-state index contributed by atoms with van der Waals surface area (Å²) in [6.07, 6.45) is 11.6. The summed E-state index contributed by atoms with van der Waals surface area (Å²) in [6, 6.07) is 0. The van der Waals surface area contributed by atoms with Crippen molar-refractivity contribution in [3.8, 4) is 0 Å². The van der Waals surface area contributed by atoms with E-state index in [-0.39, 0.29) is 6.10 Å². The molecule has 0 aromatic carbocycles. The van der Waals surface area contributed by atoms with E-state index >= 15 is 0 Å². The second-order valence-electron chi connectivity index (χ2n) is 3.07. The molecule has 2 heterocycles. The van der Waals surface area contributed by atoms with Crippen LogP contribution in [0.15, 0.2) is 30.7 Å². The Balaban J connectivity index is 2.21. The number of aromatic amines is 1. The molecule has 0 saturated heterocycles. The van der Waals surface area contributed by atoms with Gasteiger partial charge in [-0.1, -0.05) is 6.08 Å². The van der Waals surface area contributed by atoms with E-state index < -0.39 is 0 Å². The second kappa shape index (κ2) is 2.36. The molecule has 0 saturated carbocycles. The van der Waals surface area contributed by atoms with Crippen molar-refractivity contribution in [2.24, 2.45) is 0 Å². The Kier molecular flexibility index (Phi) is 1.22. The van der Waals surface area contributed by atoms with E-state index in [0.29, 0.717) is 0 Å². The number of allylic oxidation sites excluding steroid dienone is 2. The molecule has 3 rings (SSSR count). The molecule has 1 unspecified atom stereocenters. The Bertz CT molecular complexity index is 426. The van der Waals surface area contributed by atoms with Crippen LogP contribution in [0.1, 0.15) is 11.3 Å².